The molecule has 3 N–H and O–H groups in total. The predicted molar refractivity (Wildman–Crippen MR) is 198 cm³/mol. The van der Waals surface area contributed by atoms with Crippen molar-refractivity contribution in [1.29, 1.82) is 0 Å². The molecule has 46 heavy (non-hydrogen) atoms. The van der Waals surface area contributed by atoms with Crippen LogP contribution >= 0.6 is 0 Å². The summed E-state index contributed by atoms with van der Waals surface area (Å²) >= 11 is 0. The van der Waals surface area contributed by atoms with Crippen LogP contribution in [0.4, 0.5) is 0 Å². The zero-order valence-electron chi connectivity index (χ0n) is 30.2. The van der Waals surface area contributed by atoms with Crippen molar-refractivity contribution in [2.75, 3.05) is 5.75 Å². The van der Waals surface area contributed by atoms with Gasteiger partial charge in [0.1, 0.15) is 0 Å². The highest BCUT2D eigenvalue weighted by molar-refractivity contribution is 7.85. The third kappa shape index (κ3) is 34.2. The van der Waals surface area contributed by atoms with Gasteiger partial charge in [-0.3, -0.25) is 9.35 Å². The second-order valence-corrected chi connectivity index (χ2v) is 15.1. The molecule has 0 rings (SSSR count). The Labute approximate surface area is 285 Å². The SMILES string of the molecule is CCCCCCCCC/C=C\CCCCCCCC(=O)NC(CS(=O)(=O)O)C(O)/C=C/CCCCCCCCCCCCCCC. The van der Waals surface area contributed by atoms with Crippen molar-refractivity contribution in [3.05, 3.63) is 24.3 Å². The van der Waals surface area contributed by atoms with Crippen molar-refractivity contribution in [2.24, 2.45) is 0 Å². The van der Waals surface area contributed by atoms with Gasteiger partial charge in [0, 0.05) is 6.42 Å². The molecule has 0 aliphatic rings. The fourth-order valence-corrected chi connectivity index (χ4v) is 6.65. The summed E-state index contributed by atoms with van der Waals surface area (Å²) in [6.07, 6.45) is 41.6. The normalized spacial score (nSPS) is 13.6. The third-order valence-electron chi connectivity index (χ3n) is 8.87. The first-order chi connectivity index (χ1) is 22.3. The molecule has 0 saturated heterocycles. The maximum absolute atomic E-state index is 12.5. The van der Waals surface area contributed by atoms with Gasteiger partial charge in [0.05, 0.1) is 17.9 Å². The highest BCUT2D eigenvalue weighted by atomic mass is 32.2. The molecule has 6 nitrogen and oxygen atoms in total. The Kier molecular flexibility index (Phi) is 32.8. The van der Waals surface area contributed by atoms with Gasteiger partial charge in [-0.1, -0.05) is 173 Å². The van der Waals surface area contributed by atoms with E-state index in [4.69, 9.17) is 0 Å². The number of aliphatic hydroxyl groups is 1. The highest BCUT2D eigenvalue weighted by Gasteiger charge is 2.24. The minimum absolute atomic E-state index is 0.286. The van der Waals surface area contributed by atoms with Crippen LogP contribution in [-0.2, 0) is 14.9 Å². The summed E-state index contributed by atoms with van der Waals surface area (Å²) in [5.74, 6) is -0.985. The van der Waals surface area contributed by atoms with Crippen molar-refractivity contribution >= 4 is 16.0 Å². The number of carbonyl (C=O) groups excluding carboxylic acids is 1. The van der Waals surface area contributed by atoms with Crippen LogP contribution < -0.4 is 5.32 Å². The lowest BCUT2D eigenvalue weighted by Gasteiger charge is -2.21. The summed E-state index contributed by atoms with van der Waals surface area (Å²) in [6.45, 7) is 4.51. The van der Waals surface area contributed by atoms with E-state index in [1.807, 2.05) is 6.08 Å². The molecule has 272 valence electrons. The largest absolute Gasteiger partial charge is 0.387 e. The molecule has 0 aliphatic heterocycles. The van der Waals surface area contributed by atoms with Crippen LogP contribution in [0.25, 0.3) is 0 Å². The first kappa shape index (κ1) is 44.8. The van der Waals surface area contributed by atoms with Gasteiger partial charge in [0.2, 0.25) is 5.91 Å². The van der Waals surface area contributed by atoms with E-state index in [2.05, 4.69) is 31.3 Å². The van der Waals surface area contributed by atoms with Crippen LogP contribution in [0.5, 0.6) is 0 Å². The van der Waals surface area contributed by atoms with Crippen molar-refractivity contribution in [2.45, 2.75) is 212 Å². The molecule has 0 aromatic heterocycles. The van der Waals surface area contributed by atoms with Crippen molar-refractivity contribution in [1.82, 2.24) is 5.32 Å². The molecule has 1 amide bonds. The summed E-state index contributed by atoms with van der Waals surface area (Å²) < 4.78 is 32.4. The van der Waals surface area contributed by atoms with Crippen LogP contribution in [-0.4, -0.2) is 41.9 Å². The smallest absolute Gasteiger partial charge is 0.267 e. The maximum atomic E-state index is 12.5. The second-order valence-electron chi connectivity index (χ2n) is 13.6. The van der Waals surface area contributed by atoms with E-state index in [0.717, 1.165) is 57.8 Å². The predicted octanol–water partition coefficient (Wildman–Crippen LogP) is 11.2. The van der Waals surface area contributed by atoms with E-state index >= 15 is 0 Å². The van der Waals surface area contributed by atoms with Gasteiger partial charge < -0.3 is 10.4 Å². The molecule has 0 bridgehead atoms. The van der Waals surface area contributed by atoms with Crippen LogP contribution in [0.1, 0.15) is 200 Å². The summed E-state index contributed by atoms with van der Waals surface area (Å²) in [5, 5.41) is 13.2. The maximum Gasteiger partial charge on any atom is 0.267 e. The highest BCUT2D eigenvalue weighted by Crippen LogP contribution is 2.14. The zero-order chi connectivity index (χ0) is 34.0. The molecule has 0 aromatic rings. The van der Waals surface area contributed by atoms with Gasteiger partial charge in [0.25, 0.3) is 10.1 Å². The lowest BCUT2D eigenvalue weighted by Crippen LogP contribution is -2.46. The molecule has 0 saturated carbocycles. The van der Waals surface area contributed by atoms with E-state index in [1.165, 1.54) is 122 Å². The molecule has 0 heterocycles. The molecule has 7 heteroatoms. The van der Waals surface area contributed by atoms with Crippen LogP contribution in [0, 0.1) is 0 Å². The molecular weight excluding hydrogens is 594 g/mol. The second kappa shape index (κ2) is 33.7. The minimum Gasteiger partial charge on any atom is -0.387 e. The van der Waals surface area contributed by atoms with Gasteiger partial charge in [-0.25, -0.2) is 0 Å². The van der Waals surface area contributed by atoms with Crippen LogP contribution in [0.15, 0.2) is 24.3 Å². The number of hydrogen-bond donors (Lipinski definition) is 3. The van der Waals surface area contributed by atoms with Gasteiger partial charge in [0.15, 0.2) is 0 Å². The first-order valence-corrected chi connectivity index (χ1v) is 21.1. The van der Waals surface area contributed by atoms with E-state index in [-0.39, 0.29) is 12.3 Å². The Morgan fingerprint density at radius 2 is 0.913 bits per heavy atom. The topological polar surface area (TPSA) is 104 Å². The number of allylic oxidation sites excluding steroid dienone is 3. The lowest BCUT2D eigenvalue weighted by atomic mass is 10.0. The number of carbonyl (C=O) groups is 1. The van der Waals surface area contributed by atoms with Gasteiger partial charge in [-0.2, -0.15) is 8.42 Å². The van der Waals surface area contributed by atoms with E-state index in [1.54, 1.807) is 6.08 Å². The third-order valence-corrected chi connectivity index (χ3v) is 9.65. The average molecular weight is 670 g/mol. The van der Waals surface area contributed by atoms with E-state index in [9.17, 15) is 22.9 Å². The molecule has 0 aromatic carbocycles. The van der Waals surface area contributed by atoms with Gasteiger partial charge in [-0.15, -0.1) is 0 Å². The van der Waals surface area contributed by atoms with Crippen molar-refractivity contribution < 1.29 is 22.9 Å². The Morgan fingerprint density at radius 1 is 0.565 bits per heavy atom. The minimum atomic E-state index is -4.34. The molecule has 2 atom stereocenters. The summed E-state index contributed by atoms with van der Waals surface area (Å²) in [7, 11) is -4.34. The molecule has 0 spiro atoms. The number of hydrogen-bond acceptors (Lipinski definition) is 4. The quantitative estimate of drug-likeness (QED) is 0.0354. The summed E-state index contributed by atoms with van der Waals surface area (Å²) in [4.78, 5) is 12.5. The monoisotopic (exact) mass is 670 g/mol. The Bertz CT molecular complexity index is 826. The standard InChI is InChI=1S/C39H75NO5S/c1-3-5-7-9-11-13-15-17-19-21-23-25-27-29-31-33-35-39(42)40-37(36-46(43,44)45)38(41)34-32-30-28-26-24-22-20-18-16-14-12-10-8-6-4-2/h19,21,32,34,37-38,41H,3-18,20,22-31,33,35-36H2,1-2H3,(H,40,42)(H,43,44,45)/b21-19-,34-32+. The van der Waals surface area contributed by atoms with E-state index < -0.39 is 28.0 Å². The van der Waals surface area contributed by atoms with Crippen molar-refractivity contribution in [3.8, 4) is 0 Å². The number of nitrogens with one attached hydrogen (secondary N) is 1. The van der Waals surface area contributed by atoms with Crippen molar-refractivity contribution in [3.63, 3.8) is 0 Å². The van der Waals surface area contributed by atoms with E-state index in [0.29, 0.717) is 0 Å². The fraction of sp³-hybridized carbons (Fsp3) is 0.872. The number of aliphatic hydroxyl groups excluding tert-OH is 1. The van der Waals surface area contributed by atoms with Crippen LogP contribution in [0.2, 0.25) is 0 Å². The van der Waals surface area contributed by atoms with Gasteiger partial charge >= 0.3 is 0 Å². The molecule has 0 aliphatic carbocycles. The summed E-state index contributed by atoms with van der Waals surface area (Å²) in [5.41, 5.74) is 0. The Balaban J connectivity index is 3.96. The molecule has 0 fully saturated rings. The number of rotatable bonds is 35. The van der Waals surface area contributed by atoms with Crippen LogP contribution in [0.3, 0.4) is 0 Å². The molecule has 0 radical (unpaired) electrons. The zero-order valence-corrected chi connectivity index (χ0v) is 31.0. The Morgan fingerprint density at radius 3 is 1.30 bits per heavy atom. The molecular formula is C39H75NO5S. The fourth-order valence-electron chi connectivity index (χ4n) is 5.91. The average Bonchev–Trinajstić information content (AvgIpc) is 3.01. The van der Waals surface area contributed by atoms with Gasteiger partial charge in [-0.05, 0) is 44.9 Å². The molecule has 2 unspecified atom stereocenters. The lowest BCUT2D eigenvalue weighted by molar-refractivity contribution is -0.122. The summed E-state index contributed by atoms with van der Waals surface area (Å²) in [6, 6.07) is -1.06. The first-order valence-electron chi connectivity index (χ1n) is 19.5. The number of unbranched alkanes of at least 4 members (excludes halogenated alkanes) is 25. The Hall–Kier alpha value is -1.18. The number of amides is 1.